The standard InChI is InChI=1S/C10H10BrN3O/c11-7-5-13-10(6-1-2-6)14-9(7)8(15)3-4-12/h5-6,8,15H,1-3H2. The largest absolute Gasteiger partial charge is 0.386 e. The van der Waals surface area contributed by atoms with Gasteiger partial charge in [-0.25, -0.2) is 9.97 Å². The van der Waals surface area contributed by atoms with Crippen LogP contribution in [0.3, 0.4) is 0 Å². The van der Waals surface area contributed by atoms with Crippen LogP contribution in [0, 0.1) is 11.3 Å². The van der Waals surface area contributed by atoms with Gasteiger partial charge in [-0.2, -0.15) is 5.26 Å². The van der Waals surface area contributed by atoms with Gasteiger partial charge in [-0.15, -0.1) is 0 Å². The third-order valence-electron chi connectivity index (χ3n) is 2.33. The molecular formula is C10H10BrN3O. The van der Waals surface area contributed by atoms with Crippen LogP contribution in [-0.4, -0.2) is 15.1 Å². The fraction of sp³-hybridized carbons (Fsp3) is 0.500. The Balaban J connectivity index is 2.28. The molecule has 0 spiro atoms. The molecule has 1 aliphatic rings. The summed E-state index contributed by atoms with van der Waals surface area (Å²) in [5.41, 5.74) is 0.522. The van der Waals surface area contributed by atoms with Crippen LogP contribution in [0.25, 0.3) is 0 Å². The predicted octanol–water partition coefficient (Wildman–Crippen LogP) is 2.06. The summed E-state index contributed by atoms with van der Waals surface area (Å²) in [5.74, 6) is 1.23. The molecule has 78 valence electrons. The van der Waals surface area contributed by atoms with E-state index in [0.717, 1.165) is 18.7 Å². The molecule has 1 N–H and O–H groups in total. The van der Waals surface area contributed by atoms with Gasteiger partial charge >= 0.3 is 0 Å². The lowest BCUT2D eigenvalue weighted by Gasteiger charge is -2.09. The first-order valence-corrected chi connectivity index (χ1v) is 5.59. The molecule has 5 heteroatoms. The van der Waals surface area contributed by atoms with Crippen molar-refractivity contribution in [3.63, 3.8) is 0 Å². The molecule has 4 nitrogen and oxygen atoms in total. The van der Waals surface area contributed by atoms with E-state index in [1.807, 2.05) is 6.07 Å². The molecule has 2 rings (SSSR count). The van der Waals surface area contributed by atoms with Crippen molar-refractivity contribution in [3.8, 4) is 6.07 Å². The van der Waals surface area contributed by atoms with Gasteiger partial charge in [0.25, 0.3) is 0 Å². The summed E-state index contributed by atoms with van der Waals surface area (Å²) in [5, 5.41) is 18.2. The lowest BCUT2D eigenvalue weighted by molar-refractivity contribution is 0.177. The van der Waals surface area contributed by atoms with Gasteiger partial charge in [0.1, 0.15) is 11.9 Å². The minimum Gasteiger partial charge on any atom is -0.386 e. The molecular weight excluding hydrogens is 258 g/mol. The van der Waals surface area contributed by atoms with Crippen LogP contribution in [0.5, 0.6) is 0 Å². The highest BCUT2D eigenvalue weighted by molar-refractivity contribution is 9.10. The van der Waals surface area contributed by atoms with Crippen molar-refractivity contribution in [1.29, 1.82) is 5.26 Å². The first kappa shape index (κ1) is 10.5. The van der Waals surface area contributed by atoms with Crippen LogP contribution < -0.4 is 0 Å². The number of hydrogen-bond acceptors (Lipinski definition) is 4. The molecule has 1 saturated carbocycles. The fourth-order valence-electron chi connectivity index (χ4n) is 1.35. The first-order valence-electron chi connectivity index (χ1n) is 4.79. The Morgan fingerprint density at radius 3 is 3.00 bits per heavy atom. The van der Waals surface area contributed by atoms with Crippen LogP contribution in [-0.2, 0) is 0 Å². The summed E-state index contributed by atoms with van der Waals surface area (Å²) in [4.78, 5) is 8.49. The maximum atomic E-state index is 9.69. The van der Waals surface area contributed by atoms with Crippen LogP contribution in [0.1, 0.15) is 42.8 Å². The second-order valence-corrected chi connectivity index (χ2v) is 4.47. The van der Waals surface area contributed by atoms with Crippen LogP contribution in [0.15, 0.2) is 10.7 Å². The highest BCUT2D eigenvalue weighted by atomic mass is 79.9. The molecule has 15 heavy (non-hydrogen) atoms. The van der Waals surface area contributed by atoms with Crippen molar-refractivity contribution < 1.29 is 5.11 Å². The zero-order valence-electron chi connectivity index (χ0n) is 8.02. The molecule has 0 aliphatic heterocycles. The molecule has 1 heterocycles. The summed E-state index contributed by atoms with van der Waals surface area (Å²) in [6, 6.07) is 1.93. The highest BCUT2D eigenvalue weighted by Gasteiger charge is 2.27. The van der Waals surface area contributed by atoms with Gasteiger partial charge in [-0.05, 0) is 28.8 Å². The van der Waals surface area contributed by atoms with E-state index < -0.39 is 6.10 Å². The average molecular weight is 268 g/mol. The average Bonchev–Trinajstić information content (AvgIpc) is 3.02. The molecule has 1 aliphatic carbocycles. The number of nitrogens with zero attached hydrogens (tertiary/aromatic N) is 3. The molecule has 0 aromatic carbocycles. The lowest BCUT2D eigenvalue weighted by Crippen LogP contribution is -2.04. The van der Waals surface area contributed by atoms with E-state index >= 15 is 0 Å². The maximum Gasteiger partial charge on any atom is 0.131 e. The summed E-state index contributed by atoms with van der Waals surface area (Å²) in [7, 11) is 0. The zero-order chi connectivity index (χ0) is 10.8. The summed E-state index contributed by atoms with van der Waals surface area (Å²) in [6.45, 7) is 0. The zero-order valence-corrected chi connectivity index (χ0v) is 9.61. The molecule has 0 radical (unpaired) electrons. The van der Waals surface area contributed by atoms with Gasteiger partial charge in [0.15, 0.2) is 0 Å². The van der Waals surface area contributed by atoms with E-state index in [9.17, 15) is 5.11 Å². The summed E-state index contributed by atoms with van der Waals surface area (Å²) in [6.07, 6.45) is 3.12. The van der Waals surface area contributed by atoms with Crippen LogP contribution in [0.2, 0.25) is 0 Å². The van der Waals surface area contributed by atoms with Crippen molar-refractivity contribution in [3.05, 3.63) is 22.2 Å². The monoisotopic (exact) mass is 267 g/mol. The lowest BCUT2D eigenvalue weighted by atomic mass is 10.2. The Morgan fingerprint density at radius 1 is 1.67 bits per heavy atom. The maximum absolute atomic E-state index is 9.69. The van der Waals surface area contributed by atoms with Crippen molar-refractivity contribution in [2.45, 2.75) is 31.3 Å². The number of hydrogen-bond donors (Lipinski definition) is 1. The Morgan fingerprint density at radius 2 is 2.40 bits per heavy atom. The second-order valence-electron chi connectivity index (χ2n) is 3.61. The Hall–Kier alpha value is -0.990. The Bertz CT molecular complexity index is 412. The van der Waals surface area contributed by atoms with Gasteiger partial charge in [0, 0.05) is 12.1 Å². The highest BCUT2D eigenvalue weighted by Crippen LogP contribution is 2.38. The van der Waals surface area contributed by atoms with Gasteiger partial charge in [0.2, 0.25) is 0 Å². The van der Waals surface area contributed by atoms with Crippen molar-refractivity contribution in [2.24, 2.45) is 0 Å². The molecule has 0 bridgehead atoms. The van der Waals surface area contributed by atoms with Crippen molar-refractivity contribution in [2.75, 3.05) is 0 Å². The minimum atomic E-state index is -0.829. The Labute approximate surface area is 96.1 Å². The molecule has 0 amide bonds. The number of aliphatic hydroxyl groups excluding tert-OH is 1. The quantitative estimate of drug-likeness (QED) is 0.910. The van der Waals surface area contributed by atoms with Gasteiger partial charge in [0.05, 0.1) is 22.7 Å². The minimum absolute atomic E-state index is 0.0553. The topological polar surface area (TPSA) is 69.8 Å². The second kappa shape index (κ2) is 4.25. The number of rotatable bonds is 3. The molecule has 1 unspecified atom stereocenters. The molecule has 0 saturated heterocycles. The number of aliphatic hydroxyl groups is 1. The van der Waals surface area contributed by atoms with Crippen LogP contribution >= 0.6 is 15.9 Å². The number of aromatic nitrogens is 2. The van der Waals surface area contributed by atoms with E-state index in [1.54, 1.807) is 6.20 Å². The number of nitriles is 1. The summed E-state index contributed by atoms with van der Waals surface area (Å²) >= 11 is 3.28. The number of halogens is 1. The van der Waals surface area contributed by atoms with Gasteiger partial charge < -0.3 is 5.11 Å². The van der Waals surface area contributed by atoms with Crippen molar-refractivity contribution in [1.82, 2.24) is 9.97 Å². The predicted molar refractivity (Wildman–Crippen MR) is 56.9 cm³/mol. The van der Waals surface area contributed by atoms with E-state index in [-0.39, 0.29) is 6.42 Å². The van der Waals surface area contributed by atoms with E-state index in [1.165, 1.54) is 0 Å². The van der Waals surface area contributed by atoms with E-state index in [4.69, 9.17) is 5.26 Å². The SMILES string of the molecule is N#CCC(O)c1nc(C2CC2)ncc1Br. The fourth-order valence-corrected chi connectivity index (χ4v) is 1.80. The van der Waals surface area contributed by atoms with Crippen molar-refractivity contribution >= 4 is 15.9 Å². The molecule has 1 fully saturated rings. The smallest absolute Gasteiger partial charge is 0.131 e. The normalized spacial score (nSPS) is 17.1. The third-order valence-corrected chi connectivity index (χ3v) is 2.94. The van der Waals surface area contributed by atoms with Crippen LogP contribution in [0.4, 0.5) is 0 Å². The Kier molecular flexibility index (Phi) is 2.98. The van der Waals surface area contributed by atoms with Gasteiger partial charge in [-0.1, -0.05) is 0 Å². The van der Waals surface area contributed by atoms with Gasteiger partial charge in [-0.3, -0.25) is 0 Å². The molecule has 1 aromatic rings. The molecule has 1 atom stereocenters. The third kappa shape index (κ3) is 2.33. The summed E-state index contributed by atoms with van der Waals surface area (Å²) < 4.78 is 0.662. The van der Waals surface area contributed by atoms with E-state index in [2.05, 4.69) is 25.9 Å². The molecule has 1 aromatic heterocycles. The van der Waals surface area contributed by atoms with E-state index in [0.29, 0.717) is 16.1 Å². The first-order chi connectivity index (χ1) is 7.22.